The van der Waals surface area contributed by atoms with Gasteiger partial charge >= 0.3 is 6.09 Å². The van der Waals surface area contributed by atoms with Gasteiger partial charge in [-0.2, -0.15) is 0 Å². The molecule has 0 aliphatic carbocycles. The quantitative estimate of drug-likeness (QED) is 0.808. The van der Waals surface area contributed by atoms with Crippen molar-refractivity contribution in [2.24, 2.45) is 0 Å². The van der Waals surface area contributed by atoms with E-state index >= 15 is 0 Å². The lowest BCUT2D eigenvalue weighted by Gasteiger charge is -2.34. The first-order valence-electron chi connectivity index (χ1n) is 8.47. The Bertz CT molecular complexity index is 775. The highest BCUT2D eigenvalue weighted by Crippen LogP contribution is 2.20. The van der Waals surface area contributed by atoms with Crippen LogP contribution in [0.5, 0.6) is 0 Å². The molecule has 1 aromatic carbocycles. The molecule has 1 aromatic heterocycles. The van der Waals surface area contributed by atoms with Gasteiger partial charge < -0.3 is 15.0 Å². The zero-order chi connectivity index (χ0) is 18.0. The number of benzene rings is 1. The molecule has 0 bridgehead atoms. The summed E-state index contributed by atoms with van der Waals surface area (Å²) in [7, 11) is 0. The lowest BCUT2D eigenvalue weighted by atomic mass is 10.1. The van der Waals surface area contributed by atoms with Gasteiger partial charge in [0.05, 0.1) is 5.52 Å². The number of fused-ring (bicyclic) bond motifs is 1. The molecule has 1 N–H and O–H groups in total. The molecule has 0 spiro atoms. The van der Waals surface area contributed by atoms with E-state index in [-0.39, 0.29) is 12.1 Å². The van der Waals surface area contributed by atoms with Crippen LogP contribution in [-0.2, 0) is 4.74 Å². The number of piperidine rings is 1. The first-order chi connectivity index (χ1) is 11.8. The maximum absolute atomic E-state index is 12.3. The summed E-state index contributed by atoms with van der Waals surface area (Å²) in [6.07, 6.45) is 3.45. The zero-order valence-electron chi connectivity index (χ0n) is 14.8. The third kappa shape index (κ3) is 4.81. The van der Waals surface area contributed by atoms with Gasteiger partial charge in [0.25, 0.3) is 0 Å². The number of amides is 1. The molecule has 1 fully saturated rings. The second-order valence-corrected chi connectivity index (χ2v) is 8.22. The van der Waals surface area contributed by atoms with Gasteiger partial charge in [0.1, 0.15) is 5.60 Å². The molecule has 3 rings (SSSR count). The van der Waals surface area contributed by atoms with Gasteiger partial charge in [-0.3, -0.25) is 0 Å². The van der Waals surface area contributed by atoms with E-state index in [0.29, 0.717) is 12.5 Å². The number of likely N-dealkylation sites (tertiary alicyclic amines) is 1. The van der Waals surface area contributed by atoms with Crippen LogP contribution in [0.15, 0.2) is 28.9 Å². The van der Waals surface area contributed by atoms with E-state index in [1.807, 2.05) is 45.2 Å². The monoisotopic (exact) mass is 406 g/mol. The Morgan fingerprint density at radius 3 is 2.96 bits per heavy atom. The van der Waals surface area contributed by atoms with Gasteiger partial charge in [-0.05, 0) is 45.7 Å². The third-order valence-electron chi connectivity index (χ3n) is 3.95. The molecule has 2 aromatic rings. The topological polar surface area (TPSA) is 67.3 Å². The predicted octanol–water partition coefficient (Wildman–Crippen LogP) is 4.20. The molecule has 25 heavy (non-hydrogen) atoms. The average Bonchev–Trinajstić information content (AvgIpc) is 2.53. The van der Waals surface area contributed by atoms with E-state index < -0.39 is 5.60 Å². The Hall–Kier alpha value is -1.89. The predicted molar refractivity (Wildman–Crippen MR) is 102 cm³/mol. The van der Waals surface area contributed by atoms with Crippen molar-refractivity contribution in [3.63, 3.8) is 0 Å². The van der Waals surface area contributed by atoms with Crippen molar-refractivity contribution in [1.29, 1.82) is 0 Å². The van der Waals surface area contributed by atoms with E-state index in [1.54, 1.807) is 4.90 Å². The number of carbonyl (C=O) groups excluding carboxylic acids is 1. The van der Waals surface area contributed by atoms with Crippen molar-refractivity contribution in [2.45, 2.75) is 45.3 Å². The minimum atomic E-state index is -0.480. The molecule has 1 aliphatic heterocycles. The molecular formula is C18H23BrN4O2. The zero-order valence-corrected chi connectivity index (χ0v) is 16.3. The molecule has 7 heteroatoms. The molecule has 134 valence electrons. The minimum Gasteiger partial charge on any atom is -0.444 e. The lowest BCUT2D eigenvalue weighted by Crippen LogP contribution is -2.47. The highest BCUT2D eigenvalue weighted by atomic mass is 79.9. The summed E-state index contributed by atoms with van der Waals surface area (Å²) in [5, 5.41) is 4.35. The van der Waals surface area contributed by atoms with Crippen LogP contribution in [-0.4, -0.2) is 45.7 Å². The summed E-state index contributed by atoms with van der Waals surface area (Å²) in [5.41, 5.74) is 0.401. The van der Waals surface area contributed by atoms with Gasteiger partial charge in [0.15, 0.2) is 0 Å². The van der Waals surface area contributed by atoms with Crippen molar-refractivity contribution in [1.82, 2.24) is 14.9 Å². The van der Waals surface area contributed by atoms with Crippen LogP contribution < -0.4 is 5.32 Å². The summed E-state index contributed by atoms with van der Waals surface area (Å²) in [6.45, 7) is 6.95. The molecule has 1 unspecified atom stereocenters. The molecule has 1 saturated heterocycles. The van der Waals surface area contributed by atoms with Gasteiger partial charge in [-0.15, -0.1) is 0 Å². The molecule has 0 radical (unpaired) electrons. The maximum Gasteiger partial charge on any atom is 0.410 e. The van der Waals surface area contributed by atoms with Crippen LogP contribution in [0.4, 0.5) is 10.7 Å². The Balaban J connectivity index is 1.67. The molecule has 1 aliphatic rings. The molecule has 1 amide bonds. The number of nitrogens with zero attached hydrogens (tertiary/aromatic N) is 3. The fourth-order valence-electron chi connectivity index (χ4n) is 2.84. The standard InChI is InChI=1S/C18H23BrN4O2/c1-18(2,3)25-17(24)23-8-4-5-14(11-23)21-16-20-10-12-6-7-13(19)9-15(12)22-16/h6-7,9-10,14H,4-5,8,11H2,1-3H3,(H,20,21,22). The molecule has 0 saturated carbocycles. The van der Waals surface area contributed by atoms with Crippen molar-refractivity contribution < 1.29 is 9.53 Å². The van der Waals surface area contributed by atoms with Crippen molar-refractivity contribution >= 4 is 38.9 Å². The summed E-state index contributed by atoms with van der Waals surface area (Å²) in [4.78, 5) is 23.0. The lowest BCUT2D eigenvalue weighted by molar-refractivity contribution is 0.0206. The number of hydrogen-bond acceptors (Lipinski definition) is 5. The number of anilines is 1. The highest BCUT2D eigenvalue weighted by Gasteiger charge is 2.27. The minimum absolute atomic E-state index is 0.117. The Morgan fingerprint density at radius 1 is 1.40 bits per heavy atom. The summed E-state index contributed by atoms with van der Waals surface area (Å²) < 4.78 is 6.45. The highest BCUT2D eigenvalue weighted by molar-refractivity contribution is 9.10. The van der Waals surface area contributed by atoms with E-state index in [0.717, 1.165) is 34.8 Å². The van der Waals surface area contributed by atoms with Crippen LogP contribution in [0.3, 0.4) is 0 Å². The van der Waals surface area contributed by atoms with E-state index in [9.17, 15) is 4.79 Å². The number of aromatic nitrogens is 2. The fraction of sp³-hybridized carbons (Fsp3) is 0.500. The Morgan fingerprint density at radius 2 is 2.20 bits per heavy atom. The van der Waals surface area contributed by atoms with E-state index in [4.69, 9.17) is 4.74 Å². The second kappa shape index (κ2) is 7.15. The SMILES string of the molecule is CC(C)(C)OC(=O)N1CCCC(Nc2ncc3ccc(Br)cc3n2)C1. The van der Waals surface area contributed by atoms with Crippen LogP contribution in [0.2, 0.25) is 0 Å². The number of hydrogen-bond donors (Lipinski definition) is 1. The Labute approximate surface area is 156 Å². The van der Waals surface area contributed by atoms with Crippen LogP contribution >= 0.6 is 15.9 Å². The first-order valence-corrected chi connectivity index (χ1v) is 9.26. The average molecular weight is 407 g/mol. The van der Waals surface area contributed by atoms with Gasteiger partial charge in [0.2, 0.25) is 5.95 Å². The van der Waals surface area contributed by atoms with Crippen LogP contribution in [0.25, 0.3) is 10.9 Å². The van der Waals surface area contributed by atoms with Crippen LogP contribution in [0, 0.1) is 0 Å². The van der Waals surface area contributed by atoms with Crippen molar-refractivity contribution in [3.05, 3.63) is 28.9 Å². The Kier molecular flexibility index (Phi) is 5.13. The largest absolute Gasteiger partial charge is 0.444 e. The van der Waals surface area contributed by atoms with E-state index in [2.05, 4.69) is 31.2 Å². The molecular weight excluding hydrogens is 384 g/mol. The number of carbonyl (C=O) groups is 1. The van der Waals surface area contributed by atoms with E-state index in [1.165, 1.54) is 0 Å². The number of ether oxygens (including phenoxy) is 1. The number of rotatable bonds is 2. The third-order valence-corrected chi connectivity index (χ3v) is 4.44. The van der Waals surface area contributed by atoms with Crippen molar-refractivity contribution in [2.75, 3.05) is 18.4 Å². The fourth-order valence-corrected chi connectivity index (χ4v) is 3.18. The smallest absolute Gasteiger partial charge is 0.410 e. The van der Waals surface area contributed by atoms with Crippen LogP contribution in [0.1, 0.15) is 33.6 Å². The molecule has 2 heterocycles. The van der Waals surface area contributed by atoms with Gasteiger partial charge in [-0.25, -0.2) is 14.8 Å². The van der Waals surface area contributed by atoms with Gasteiger partial charge in [-0.1, -0.05) is 22.0 Å². The number of nitrogens with one attached hydrogen (secondary N) is 1. The summed E-state index contributed by atoms with van der Waals surface area (Å²) in [5.74, 6) is 0.585. The summed E-state index contributed by atoms with van der Waals surface area (Å²) >= 11 is 3.46. The second-order valence-electron chi connectivity index (χ2n) is 7.31. The molecule has 6 nitrogen and oxygen atoms in total. The maximum atomic E-state index is 12.3. The summed E-state index contributed by atoms with van der Waals surface area (Å²) in [6, 6.07) is 6.04. The number of halogens is 1. The van der Waals surface area contributed by atoms with Gasteiger partial charge in [0, 0.05) is 35.2 Å². The molecule has 1 atom stereocenters. The first kappa shape index (κ1) is 17.9. The normalized spacial score (nSPS) is 18.2. The van der Waals surface area contributed by atoms with Crippen molar-refractivity contribution in [3.8, 4) is 0 Å².